The molecule has 2 aromatic rings. The Labute approximate surface area is 119 Å². The topological polar surface area (TPSA) is 59.0 Å². The average Bonchev–Trinajstić information content (AvgIpc) is 2.48. The highest BCUT2D eigenvalue weighted by Crippen LogP contribution is 2.26. The zero-order valence-corrected chi connectivity index (χ0v) is 11.8. The summed E-state index contributed by atoms with van der Waals surface area (Å²) in [5.41, 5.74) is 7.54. The SMILES string of the molecule is CC(C)(CN)c1ccc(Oc2ccc(C#N)cc2)cc1. The van der Waals surface area contributed by atoms with E-state index in [9.17, 15) is 0 Å². The van der Waals surface area contributed by atoms with Gasteiger partial charge in [0.05, 0.1) is 11.6 Å². The Morgan fingerprint density at radius 2 is 1.50 bits per heavy atom. The molecular formula is C17H18N2O. The molecule has 0 aromatic heterocycles. The number of nitrogens with two attached hydrogens (primary N) is 1. The smallest absolute Gasteiger partial charge is 0.127 e. The summed E-state index contributed by atoms with van der Waals surface area (Å²) in [6.07, 6.45) is 0. The third kappa shape index (κ3) is 3.17. The highest BCUT2D eigenvalue weighted by molar-refractivity contribution is 5.38. The second kappa shape index (κ2) is 5.77. The molecular weight excluding hydrogens is 248 g/mol. The molecule has 0 aliphatic carbocycles. The largest absolute Gasteiger partial charge is 0.457 e. The maximum atomic E-state index is 8.75. The molecule has 0 saturated heterocycles. The van der Waals surface area contributed by atoms with Crippen molar-refractivity contribution < 1.29 is 4.74 Å². The van der Waals surface area contributed by atoms with Crippen LogP contribution >= 0.6 is 0 Å². The summed E-state index contributed by atoms with van der Waals surface area (Å²) in [6.45, 7) is 4.83. The van der Waals surface area contributed by atoms with Crippen LogP contribution in [0.4, 0.5) is 0 Å². The highest BCUT2D eigenvalue weighted by Gasteiger charge is 2.18. The molecule has 0 saturated carbocycles. The zero-order valence-electron chi connectivity index (χ0n) is 11.8. The van der Waals surface area contributed by atoms with E-state index in [1.807, 2.05) is 24.3 Å². The van der Waals surface area contributed by atoms with Crippen LogP contribution in [0.15, 0.2) is 48.5 Å². The van der Waals surface area contributed by atoms with Crippen LogP contribution < -0.4 is 10.5 Å². The van der Waals surface area contributed by atoms with Crippen LogP contribution in [0.1, 0.15) is 25.0 Å². The second-order valence-corrected chi connectivity index (χ2v) is 5.35. The van der Waals surface area contributed by atoms with E-state index in [2.05, 4.69) is 19.9 Å². The van der Waals surface area contributed by atoms with Crippen LogP contribution in [-0.2, 0) is 5.41 Å². The van der Waals surface area contributed by atoms with E-state index >= 15 is 0 Å². The molecule has 102 valence electrons. The summed E-state index contributed by atoms with van der Waals surface area (Å²) >= 11 is 0. The van der Waals surface area contributed by atoms with Crippen molar-refractivity contribution in [2.45, 2.75) is 19.3 Å². The van der Waals surface area contributed by atoms with Gasteiger partial charge in [0, 0.05) is 12.0 Å². The quantitative estimate of drug-likeness (QED) is 0.920. The van der Waals surface area contributed by atoms with Crippen LogP contribution in [-0.4, -0.2) is 6.54 Å². The summed E-state index contributed by atoms with van der Waals surface area (Å²) in [5, 5.41) is 8.75. The Morgan fingerprint density at radius 1 is 1.00 bits per heavy atom. The number of hydrogen-bond acceptors (Lipinski definition) is 3. The lowest BCUT2D eigenvalue weighted by Crippen LogP contribution is -2.27. The van der Waals surface area contributed by atoms with E-state index in [-0.39, 0.29) is 5.41 Å². The van der Waals surface area contributed by atoms with Crippen molar-refractivity contribution in [3.63, 3.8) is 0 Å². The lowest BCUT2D eigenvalue weighted by molar-refractivity contribution is 0.480. The van der Waals surface area contributed by atoms with E-state index in [0.717, 1.165) is 11.5 Å². The van der Waals surface area contributed by atoms with E-state index in [0.29, 0.717) is 12.1 Å². The first-order valence-corrected chi connectivity index (χ1v) is 6.54. The molecule has 20 heavy (non-hydrogen) atoms. The van der Waals surface area contributed by atoms with Gasteiger partial charge in [0.1, 0.15) is 11.5 Å². The van der Waals surface area contributed by atoms with Gasteiger partial charge in [-0.1, -0.05) is 26.0 Å². The Bertz CT molecular complexity index is 607. The molecule has 0 unspecified atom stereocenters. The molecule has 3 heteroatoms. The fraction of sp³-hybridized carbons (Fsp3) is 0.235. The van der Waals surface area contributed by atoms with Crippen molar-refractivity contribution in [3.05, 3.63) is 59.7 Å². The monoisotopic (exact) mass is 266 g/mol. The Hall–Kier alpha value is -2.31. The molecule has 2 aromatic carbocycles. The predicted molar refractivity (Wildman–Crippen MR) is 79.8 cm³/mol. The Morgan fingerprint density at radius 3 is 1.95 bits per heavy atom. The van der Waals surface area contributed by atoms with Crippen molar-refractivity contribution in [2.24, 2.45) is 5.73 Å². The van der Waals surface area contributed by atoms with Gasteiger partial charge in [-0.25, -0.2) is 0 Å². The number of ether oxygens (including phenoxy) is 1. The normalized spacial score (nSPS) is 10.9. The second-order valence-electron chi connectivity index (χ2n) is 5.35. The maximum absolute atomic E-state index is 8.75. The van der Waals surface area contributed by atoms with Gasteiger partial charge in [0.25, 0.3) is 0 Å². The zero-order chi connectivity index (χ0) is 14.6. The predicted octanol–water partition coefficient (Wildman–Crippen LogP) is 3.59. The average molecular weight is 266 g/mol. The van der Waals surface area contributed by atoms with Gasteiger partial charge in [-0.3, -0.25) is 0 Å². The number of rotatable bonds is 4. The molecule has 3 nitrogen and oxygen atoms in total. The highest BCUT2D eigenvalue weighted by atomic mass is 16.5. The number of benzene rings is 2. The number of hydrogen-bond donors (Lipinski definition) is 1. The van der Waals surface area contributed by atoms with E-state index in [4.69, 9.17) is 15.7 Å². The minimum absolute atomic E-state index is 0.0347. The lowest BCUT2D eigenvalue weighted by atomic mass is 9.85. The van der Waals surface area contributed by atoms with E-state index < -0.39 is 0 Å². The Kier molecular flexibility index (Phi) is 4.07. The van der Waals surface area contributed by atoms with Crippen molar-refractivity contribution in [3.8, 4) is 17.6 Å². The minimum atomic E-state index is -0.0347. The van der Waals surface area contributed by atoms with Gasteiger partial charge in [0.15, 0.2) is 0 Å². The molecule has 0 fully saturated rings. The number of nitriles is 1. The van der Waals surface area contributed by atoms with Gasteiger partial charge in [-0.05, 0) is 42.0 Å². The van der Waals surface area contributed by atoms with Crippen molar-refractivity contribution >= 4 is 0 Å². The third-order valence-corrected chi connectivity index (χ3v) is 3.37. The minimum Gasteiger partial charge on any atom is -0.457 e. The van der Waals surface area contributed by atoms with Gasteiger partial charge in [-0.2, -0.15) is 5.26 Å². The van der Waals surface area contributed by atoms with E-state index in [1.54, 1.807) is 24.3 Å². The molecule has 0 aliphatic rings. The van der Waals surface area contributed by atoms with Crippen LogP contribution in [0, 0.1) is 11.3 Å². The van der Waals surface area contributed by atoms with Crippen molar-refractivity contribution in [2.75, 3.05) is 6.54 Å². The first kappa shape index (κ1) is 14.1. The van der Waals surface area contributed by atoms with Crippen LogP contribution in [0.25, 0.3) is 0 Å². The molecule has 0 amide bonds. The Balaban J connectivity index is 2.12. The fourth-order valence-corrected chi connectivity index (χ4v) is 1.83. The van der Waals surface area contributed by atoms with Crippen molar-refractivity contribution in [1.29, 1.82) is 5.26 Å². The molecule has 0 bridgehead atoms. The molecule has 0 aliphatic heterocycles. The summed E-state index contributed by atoms with van der Waals surface area (Å²) in [6, 6.07) is 17.1. The fourth-order valence-electron chi connectivity index (χ4n) is 1.83. The summed E-state index contributed by atoms with van der Waals surface area (Å²) < 4.78 is 5.74. The first-order valence-electron chi connectivity index (χ1n) is 6.54. The molecule has 0 radical (unpaired) electrons. The third-order valence-electron chi connectivity index (χ3n) is 3.37. The number of nitrogens with zero attached hydrogens (tertiary/aromatic N) is 1. The van der Waals surface area contributed by atoms with Crippen molar-refractivity contribution in [1.82, 2.24) is 0 Å². The van der Waals surface area contributed by atoms with Gasteiger partial charge in [0.2, 0.25) is 0 Å². The molecule has 0 atom stereocenters. The molecule has 0 heterocycles. The van der Waals surface area contributed by atoms with Crippen LogP contribution in [0.5, 0.6) is 11.5 Å². The standard InChI is InChI=1S/C17H18N2O/c1-17(2,12-19)14-5-9-16(10-6-14)20-15-7-3-13(11-18)4-8-15/h3-10H,12,19H2,1-2H3. The van der Waals surface area contributed by atoms with Gasteiger partial charge in [-0.15, -0.1) is 0 Å². The van der Waals surface area contributed by atoms with Crippen LogP contribution in [0.3, 0.4) is 0 Å². The molecule has 2 rings (SSSR count). The lowest BCUT2D eigenvalue weighted by Gasteiger charge is -2.23. The van der Waals surface area contributed by atoms with Crippen LogP contribution in [0.2, 0.25) is 0 Å². The summed E-state index contributed by atoms with van der Waals surface area (Å²) in [7, 11) is 0. The summed E-state index contributed by atoms with van der Waals surface area (Å²) in [4.78, 5) is 0. The first-order chi connectivity index (χ1) is 9.55. The maximum Gasteiger partial charge on any atom is 0.127 e. The summed E-state index contributed by atoms with van der Waals surface area (Å²) in [5.74, 6) is 1.49. The molecule has 2 N–H and O–H groups in total. The van der Waals surface area contributed by atoms with Gasteiger partial charge < -0.3 is 10.5 Å². The van der Waals surface area contributed by atoms with E-state index in [1.165, 1.54) is 5.56 Å². The molecule has 0 spiro atoms. The van der Waals surface area contributed by atoms with Gasteiger partial charge >= 0.3 is 0 Å².